The molecule has 4 unspecified atom stereocenters. The molecule has 0 aliphatic carbocycles. The van der Waals surface area contributed by atoms with E-state index in [4.69, 9.17) is 4.74 Å². The molecule has 5 atom stereocenters. The lowest BCUT2D eigenvalue weighted by Gasteiger charge is -2.58. The molecule has 0 amide bonds. The smallest absolute Gasteiger partial charge is 0.131 e. The van der Waals surface area contributed by atoms with E-state index in [1.165, 1.54) is 38.8 Å². The standard InChI is InChI=1S/C25H35N2O2/c1-4-6-7-13-27-14-11-19(18(5-2)17-27)15-24(27)25(28)21-10-12-26-23-9-8-20(29-3)16-22(21)23/h5,8-10,12,16,18-19,24-25,28H,2,4,6-7,11,13-15,17H2,1,3H3/q+1/t18?,19?,24?,25-,27?/m1/s1. The van der Waals surface area contributed by atoms with Gasteiger partial charge in [-0.05, 0) is 48.6 Å². The van der Waals surface area contributed by atoms with Crippen LogP contribution in [0.15, 0.2) is 43.1 Å². The van der Waals surface area contributed by atoms with Crippen LogP contribution >= 0.6 is 0 Å². The van der Waals surface area contributed by atoms with E-state index >= 15 is 0 Å². The summed E-state index contributed by atoms with van der Waals surface area (Å²) in [6, 6.07) is 8.19. The van der Waals surface area contributed by atoms with Gasteiger partial charge in [-0.2, -0.15) is 0 Å². The van der Waals surface area contributed by atoms with Crippen molar-refractivity contribution in [3.8, 4) is 5.75 Å². The third-order valence-corrected chi connectivity index (χ3v) is 7.55. The first kappa shape index (κ1) is 20.4. The van der Waals surface area contributed by atoms with Crippen molar-refractivity contribution >= 4 is 10.9 Å². The maximum absolute atomic E-state index is 11.7. The normalized spacial score (nSPS) is 29.7. The first-order chi connectivity index (χ1) is 14.1. The van der Waals surface area contributed by atoms with Gasteiger partial charge >= 0.3 is 0 Å². The SMILES string of the molecule is C=CC1C[N+]2(CCCCC)CCC1CC2[C@H](O)c1ccnc2ccc(OC)cc12. The Morgan fingerprint density at radius 2 is 2.21 bits per heavy atom. The number of aliphatic hydroxyl groups is 1. The van der Waals surface area contributed by atoms with Crippen molar-refractivity contribution in [3.63, 3.8) is 0 Å². The molecule has 0 spiro atoms. The van der Waals surface area contributed by atoms with E-state index in [0.29, 0.717) is 11.8 Å². The van der Waals surface area contributed by atoms with Crippen molar-refractivity contribution in [1.29, 1.82) is 0 Å². The monoisotopic (exact) mass is 395 g/mol. The van der Waals surface area contributed by atoms with E-state index in [1.807, 2.05) is 30.5 Å². The minimum atomic E-state index is -0.484. The second-order valence-electron chi connectivity index (χ2n) is 9.03. The molecule has 0 radical (unpaired) electrons. The highest BCUT2D eigenvalue weighted by Gasteiger charge is 2.53. The van der Waals surface area contributed by atoms with E-state index in [2.05, 4.69) is 24.6 Å². The van der Waals surface area contributed by atoms with Crippen LogP contribution in [0, 0.1) is 11.8 Å². The highest BCUT2D eigenvalue weighted by molar-refractivity contribution is 5.83. The minimum absolute atomic E-state index is 0.249. The van der Waals surface area contributed by atoms with Crippen molar-refractivity contribution in [2.45, 2.75) is 51.2 Å². The Labute approximate surface area is 174 Å². The number of fused-ring (bicyclic) bond motifs is 4. The minimum Gasteiger partial charge on any atom is -0.497 e. The number of piperidine rings is 3. The zero-order chi connectivity index (χ0) is 20.4. The summed E-state index contributed by atoms with van der Waals surface area (Å²) >= 11 is 0. The Hall–Kier alpha value is -1.91. The lowest BCUT2D eigenvalue weighted by molar-refractivity contribution is -0.973. The molecule has 4 nitrogen and oxygen atoms in total. The first-order valence-corrected chi connectivity index (χ1v) is 11.2. The molecule has 29 heavy (non-hydrogen) atoms. The van der Waals surface area contributed by atoms with Gasteiger partial charge in [-0.25, -0.2) is 0 Å². The van der Waals surface area contributed by atoms with Crippen LogP contribution in [0.2, 0.25) is 0 Å². The summed E-state index contributed by atoms with van der Waals surface area (Å²) < 4.78 is 6.49. The number of methoxy groups -OCH3 is 1. The molecule has 4 heteroatoms. The number of rotatable bonds is 8. The number of hydrogen-bond donors (Lipinski definition) is 1. The number of benzene rings is 1. The summed E-state index contributed by atoms with van der Waals surface area (Å²) in [4.78, 5) is 4.51. The van der Waals surface area contributed by atoms with E-state index in [9.17, 15) is 5.11 Å². The average Bonchev–Trinajstić information content (AvgIpc) is 2.78. The maximum atomic E-state index is 11.7. The molecular formula is C25H35N2O2+. The summed E-state index contributed by atoms with van der Waals surface area (Å²) in [5.74, 6) is 2.05. The number of unbranched alkanes of at least 4 members (excludes halogenated alkanes) is 2. The second-order valence-corrected chi connectivity index (χ2v) is 9.03. The van der Waals surface area contributed by atoms with Crippen molar-refractivity contribution in [2.75, 3.05) is 26.7 Å². The summed E-state index contributed by atoms with van der Waals surface area (Å²) in [5, 5.41) is 12.7. The van der Waals surface area contributed by atoms with Crippen LogP contribution in [-0.4, -0.2) is 47.4 Å². The van der Waals surface area contributed by atoms with Gasteiger partial charge in [0.15, 0.2) is 0 Å². The van der Waals surface area contributed by atoms with Gasteiger partial charge in [0.2, 0.25) is 0 Å². The van der Waals surface area contributed by atoms with Gasteiger partial charge in [0.05, 0.1) is 32.3 Å². The quantitative estimate of drug-likeness (QED) is 0.394. The zero-order valence-corrected chi connectivity index (χ0v) is 17.9. The van der Waals surface area contributed by atoms with Gasteiger partial charge in [-0.15, -0.1) is 6.58 Å². The lowest BCUT2D eigenvalue weighted by atomic mass is 9.71. The Kier molecular flexibility index (Phi) is 5.93. The Morgan fingerprint density at radius 3 is 2.97 bits per heavy atom. The van der Waals surface area contributed by atoms with Gasteiger partial charge in [0.25, 0.3) is 0 Å². The molecule has 1 N–H and O–H groups in total. The van der Waals surface area contributed by atoms with E-state index in [0.717, 1.165) is 39.7 Å². The van der Waals surface area contributed by atoms with Crippen molar-refractivity contribution in [1.82, 2.24) is 4.98 Å². The Balaban J connectivity index is 1.70. The fourth-order valence-corrected chi connectivity index (χ4v) is 5.90. The highest BCUT2D eigenvalue weighted by Crippen LogP contribution is 2.47. The van der Waals surface area contributed by atoms with E-state index in [1.54, 1.807) is 7.11 Å². The van der Waals surface area contributed by atoms with Crippen LogP contribution in [0.25, 0.3) is 10.9 Å². The number of pyridine rings is 1. The number of nitrogens with zero attached hydrogens (tertiary/aromatic N) is 2. The van der Waals surface area contributed by atoms with Crippen LogP contribution in [0.5, 0.6) is 5.75 Å². The van der Waals surface area contributed by atoms with Crippen molar-refractivity contribution in [3.05, 3.63) is 48.7 Å². The van der Waals surface area contributed by atoms with E-state index in [-0.39, 0.29) is 6.04 Å². The molecule has 156 valence electrons. The van der Waals surface area contributed by atoms with Gasteiger partial charge in [-0.1, -0.05) is 19.4 Å². The molecule has 4 heterocycles. The van der Waals surface area contributed by atoms with Gasteiger partial charge in [0, 0.05) is 30.3 Å². The molecular weight excluding hydrogens is 360 g/mol. The molecule has 1 aromatic carbocycles. The van der Waals surface area contributed by atoms with Crippen LogP contribution in [-0.2, 0) is 0 Å². The van der Waals surface area contributed by atoms with Gasteiger partial charge in [-0.3, -0.25) is 4.98 Å². The fraction of sp³-hybridized carbons (Fsp3) is 0.560. The third-order valence-electron chi connectivity index (χ3n) is 7.55. The second kappa shape index (κ2) is 8.45. The molecule has 1 aromatic heterocycles. The zero-order valence-electron chi connectivity index (χ0n) is 17.9. The van der Waals surface area contributed by atoms with Crippen molar-refractivity contribution in [2.24, 2.45) is 11.8 Å². The molecule has 2 aromatic rings. The topological polar surface area (TPSA) is 42.4 Å². The summed E-state index contributed by atoms with van der Waals surface area (Å²) in [5.41, 5.74) is 1.91. The molecule has 3 aliphatic heterocycles. The maximum Gasteiger partial charge on any atom is 0.131 e. The van der Waals surface area contributed by atoms with E-state index < -0.39 is 6.10 Å². The number of ether oxygens (including phenoxy) is 1. The number of hydrogen-bond acceptors (Lipinski definition) is 3. The largest absolute Gasteiger partial charge is 0.497 e. The molecule has 3 saturated heterocycles. The van der Waals surface area contributed by atoms with Crippen LogP contribution in [0.1, 0.15) is 50.7 Å². The van der Waals surface area contributed by atoms with Crippen LogP contribution in [0.3, 0.4) is 0 Å². The number of aromatic nitrogens is 1. The first-order valence-electron chi connectivity index (χ1n) is 11.2. The summed E-state index contributed by atoms with van der Waals surface area (Å²) in [6.07, 6.45) is 9.59. The third kappa shape index (κ3) is 3.69. The molecule has 2 bridgehead atoms. The predicted molar refractivity (Wildman–Crippen MR) is 118 cm³/mol. The fourth-order valence-electron chi connectivity index (χ4n) is 5.90. The molecule has 3 fully saturated rings. The lowest BCUT2D eigenvalue weighted by Crippen LogP contribution is -2.68. The summed E-state index contributed by atoms with van der Waals surface area (Å²) in [7, 11) is 1.68. The molecule has 3 aliphatic rings. The van der Waals surface area contributed by atoms with Crippen molar-refractivity contribution < 1.29 is 14.3 Å². The summed E-state index contributed by atoms with van der Waals surface area (Å²) in [6.45, 7) is 9.87. The van der Waals surface area contributed by atoms with Crippen LogP contribution < -0.4 is 4.74 Å². The number of quaternary nitrogens is 1. The van der Waals surface area contributed by atoms with Gasteiger partial charge < -0.3 is 14.3 Å². The average molecular weight is 396 g/mol. The van der Waals surface area contributed by atoms with Gasteiger partial charge in [0.1, 0.15) is 17.9 Å². The Bertz CT molecular complexity index is 867. The Morgan fingerprint density at radius 1 is 1.34 bits per heavy atom. The highest BCUT2D eigenvalue weighted by atomic mass is 16.5. The number of aliphatic hydroxyl groups excluding tert-OH is 1. The van der Waals surface area contributed by atoms with Crippen LogP contribution in [0.4, 0.5) is 0 Å². The predicted octanol–water partition coefficient (Wildman–Crippen LogP) is 4.88. The molecule has 5 rings (SSSR count). The molecule has 0 saturated carbocycles.